The highest BCUT2D eigenvalue weighted by Gasteiger charge is 2.50. The fraction of sp³-hybridized carbons (Fsp3) is 0.208. The van der Waals surface area contributed by atoms with Gasteiger partial charge in [-0.3, -0.25) is 0 Å². The highest BCUT2D eigenvalue weighted by atomic mass is 28.4. The average molecular weight is 402 g/mol. The second-order valence-electron chi connectivity index (χ2n) is 8.37. The SMILES string of the molecule is CC(C)(C)[Si](OCn1cnc2c(N)cccc21)(c1ccccc1)c1ccccc1. The van der Waals surface area contributed by atoms with E-state index in [-0.39, 0.29) is 5.04 Å². The van der Waals surface area contributed by atoms with Gasteiger partial charge in [-0.25, -0.2) is 4.98 Å². The molecule has 0 saturated heterocycles. The minimum absolute atomic E-state index is 0.0644. The maximum absolute atomic E-state index is 6.98. The summed E-state index contributed by atoms with van der Waals surface area (Å²) in [4.78, 5) is 4.50. The Kier molecular flexibility index (Phi) is 5.02. The van der Waals surface area contributed by atoms with Crippen LogP contribution in [0, 0.1) is 0 Å². The van der Waals surface area contributed by atoms with E-state index in [1.165, 1.54) is 10.4 Å². The molecule has 1 aromatic heterocycles. The molecule has 2 N–H and O–H groups in total. The molecule has 0 spiro atoms. The van der Waals surface area contributed by atoms with E-state index in [1.807, 2.05) is 29.1 Å². The minimum atomic E-state index is -2.59. The first kappa shape index (κ1) is 19.4. The Bertz CT molecular complexity index is 1060. The van der Waals surface area contributed by atoms with Gasteiger partial charge in [0.05, 0.1) is 17.5 Å². The summed E-state index contributed by atoms with van der Waals surface area (Å²) in [5.74, 6) is 0. The van der Waals surface area contributed by atoms with Crippen LogP contribution in [0.15, 0.2) is 85.2 Å². The average Bonchev–Trinajstić information content (AvgIpc) is 3.14. The number of rotatable bonds is 5. The predicted octanol–water partition coefficient (Wildman–Crippen LogP) is 4.15. The van der Waals surface area contributed by atoms with Gasteiger partial charge in [-0.05, 0) is 27.5 Å². The van der Waals surface area contributed by atoms with Crippen LogP contribution in [0.3, 0.4) is 0 Å². The number of nitrogen functional groups attached to an aromatic ring is 1. The molecule has 29 heavy (non-hydrogen) atoms. The van der Waals surface area contributed by atoms with Crippen molar-refractivity contribution in [1.82, 2.24) is 9.55 Å². The zero-order valence-electron chi connectivity index (χ0n) is 17.2. The van der Waals surface area contributed by atoms with Gasteiger partial charge in [-0.2, -0.15) is 0 Å². The van der Waals surface area contributed by atoms with Crippen LogP contribution in [0.5, 0.6) is 0 Å². The van der Waals surface area contributed by atoms with E-state index >= 15 is 0 Å². The number of hydrogen-bond acceptors (Lipinski definition) is 3. The van der Waals surface area contributed by atoms with E-state index in [1.54, 1.807) is 0 Å². The lowest BCUT2D eigenvalue weighted by Crippen LogP contribution is -2.66. The fourth-order valence-electron chi connectivity index (χ4n) is 4.14. The highest BCUT2D eigenvalue weighted by Crippen LogP contribution is 2.37. The van der Waals surface area contributed by atoms with Gasteiger partial charge < -0.3 is 14.7 Å². The van der Waals surface area contributed by atoms with E-state index in [4.69, 9.17) is 10.2 Å². The topological polar surface area (TPSA) is 53.1 Å². The summed E-state index contributed by atoms with van der Waals surface area (Å²) in [5, 5.41) is 2.47. The van der Waals surface area contributed by atoms with Crippen LogP contribution < -0.4 is 16.1 Å². The smallest absolute Gasteiger partial charge is 0.263 e. The van der Waals surface area contributed by atoms with Crippen molar-refractivity contribution in [2.45, 2.75) is 32.5 Å². The number of benzene rings is 3. The normalized spacial score (nSPS) is 12.4. The van der Waals surface area contributed by atoms with Crippen LogP contribution in [0.2, 0.25) is 5.04 Å². The minimum Gasteiger partial charge on any atom is -0.397 e. The van der Waals surface area contributed by atoms with Gasteiger partial charge in [-0.15, -0.1) is 0 Å². The molecule has 0 unspecified atom stereocenters. The van der Waals surface area contributed by atoms with Crippen molar-refractivity contribution in [3.05, 3.63) is 85.2 Å². The number of nitrogens with zero attached hydrogens (tertiary/aromatic N) is 2. The first-order valence-corrected chi connectivity index (χ1v) is 11.8. The summed E-state index contributed by atoms with van der Waals surface area (Å²) in [6.45, 7) is 7.27. The third kappa shape index (κ3) is 3.37. The maximum Gasteiger partial charge on any atom is 0.263 e. The fourth-order valence-corrected chi connectivity index (χ4v) is 8.63. The molecule has 0 amide bonds. The van der Waals surface area contributed by atoms with E-state index < -0.39 is 8.32 Å². The molecule has 148 valence electrons. The second-order valence-corrected chi connectivity index (χ2v) is 12.7. The van der Waals surface area contributed by atoms with Gasteiger partial charge in [0.25, 0.3) is 8.32 Å². The van der Waals surface area contributed by atoms with Gasteiger partial charge in [-0.1, -0.05) is 87.5 Å². The summed E-state index contributed by atoms with van der Waals surface area (Å²) >= 11 is 0. The van der Waals surface area contributed by atoms with E-state index in [9.17, 15) is 0 Å². The molecule has 0 aliphatic heterocycles. The van der Waals surface area contributed by atoms with Gasteiger partial charge in [0, 0.05) is 0 Å². The molecule has 1 heterocycles. The standard InChI is InChI=1S/C24H27N3OSi/c1-24(2,3)29(19-11-6-4-7-12-19,20-13-8-5-9-14-20)28-18-27-17-26-23-21(25)15-10-16-22(23)27/h4-17H,18,25H2,1-3H3. The molecule has 3 aromatic carbocycles. The molecule has 4 aromatic rings. The van der Waals surface area contributed by atoms with Crippen molar-refractivity contribution in [1.29, 1.82) is 0 Å². The van der Waals surface area contributed by atoms with Gasteiger partial charge in [0.1, 0.15) is 12.2 Å². The summed E-state index contributed by atoms with van der Waals surface area (Å²) < 4.78 is 9.03. The van der Waals surface area contributed by atoms with Crippen LogP contribution in [-0.4, -0.2) is 17.9 Å². The molecule has 0 bridgehead atoms. The van der Waals surface area contributed by atoms with Crippen LogP contribution in [0.4, 0.5) is 5.69 Å². The molecule has 0 aliphatic rings. The molecule has 0 fully saturated rings. The van der Waals surface area contributed by atoms with Gasteiger partial charge in [0.2, 0.25) is 0 Å². The Morgan fingerprint density at radius 3 is 2.00 bits per heavy atom. The monoisotopic (exact) mass is 401 g/mol. The molecule has 0 saturated carbocycles. The first-order valence-electron chi connectivity index (χ1n) is 9.88. The summed E-state index contributed by atoms with van der Waals surface area (Å²) in [5.41, 5.74) is 8.59. The molecular weight excluding hydrogens is 374 g/mol. The first-order chi connectivity index (χ1) is 13.9. The Hall–Kier alpha value is -2.89. The number of aromatic nitrogens is 2. The molecule has 4 nitrogen and oxygen atoms in total. The number of hydrogen-bond donors (Lipinski definition) is 1. The van der Waals surface area contributed by atoms with E-state index in [2.05, 4.69) is 86.4 Å². The van der Waals surface area contributed by atoms with Gasteiger partial charge >= 0.3 is 0 Å². The van der Waals surface area contributed by atoms with E-state index in [0.717, 1.165) is 11.0 Å². The number of para-hydroxylation sites is 1. The second kappa shape index (κ2) is 7.50. The van der Waals surface area contributed by atoms with E-state index in [0.29, 0.717) is 12.4 Å². The molecule has 0 aliphatic carbocycles. The predicted molar refractivity (Wildman–Crippen MR) is 123 cm³/mol. The van der Waals surface area contributed by atoms with Crippen molar-refractivity contribution in [3.8, 4) is 0 Å². The third-order valence-electron chi connectivity index (χ3n) is 5.52. The molecule has 5 heteroatoms. The molecule has 0 radical (unpaired) electrons. The van der Waals surface area contributed by atoms with Crippen LogP contribution in [0.1, 0.15) is 20.8 Å². The van der Waals surface area contributed by atoms with Crippen molar-refractivity contribution < 1.29 is 4.43 Å². The zero-order valence-corrected chi connectivity index (χ0v) is 18.2. The quantitative estimate of drug-likeness (QED) is 0.404. The Morgan fingerprint density at radius 1 is 0.862 bits per heavy atom. The van der Waals surface area contributed by atoms with Crippen molar-refractivity contribution in [2.24, 2.45) is 0 Å². The molecular formula is C24H27N3OSi. The number of imidazole rings is 1. The van der Waals surface area contributed by atoms with Crippen LogP contribution >= 0.6 is 0 Å². The Labute approximate surface area is 173 Å². The van der Waals surface area contributed by atoms with Crippen molar-refractivity contribution in [2.75, 3.05) is 5.73 Å². The highest BCUT2D eigenvalue weighted by molar-refractivity contribution is 6.99. The van der Waals surface area contributed by atoms with Crippen LogP contribution in [-0.2, 0) is 11.2 Å². The summed E-state index contributed by atoms with van der Waals surface area (Å²) in [6.07, 6.45) is 1.82. The Balaban J connectivity index is 1.83. The third-order valence-corrected chi connectivity index (χ3v) is 10.5. The Morgan fingerprint density at radius 2 is 1.45 bits per heavy atom. The lowest BCUT2D eigenvalue weighted by Gasteiger charge is -2.43. The molecule has 0 atom stereocenters. The van der Waals surface area contributed by atoms with Crippen molar-refractivity contribution in [3.63, 3.8) is 0 Å². The lowest BCUT2D eigenvalue weighted by molar-refractivity contribution is 0.225. The summed E-state index contributed by atoms with van der Waals surface area (Å²) in [7, 11) is -2.59. The lowest BCUT2D eigenvalue weighted by atomic mass is 10.2. The van der Waals surface area contributed by atoms with Gasteiger partial charge in [0.15, 0.2) is 0 Å². The number of nitrogens with two attached hydrogens (primary N) is 1. The number of anilines is 1. The largest absolute Gasteiger partial charge is 0.397 e. The van der Waals surface area contributed by atoms with Crippen molar-refractivity contribution >= 4 is 35.4 Å². The van der Waals surface area contributed by atoms with Crippen LogP contribution in [0.25, 0.3) is 11.0 Å². The maximum atomic E-state index is 6.98. The summed E-state index contributed by atoms with van der Waals surface area (Å²) in [6, 6.07) is 27.2. The zero-order chi connectivity index (χ0) is 20.5. The molecule has 4 rings (SSSR count). The number of fused-ring (bicyclic) bond motifs is 1.